The van der Waals surface area contributed by atoms with E-state index in [-0.39, 0.29) is 18.2 Å². The molecule has 0 bridgehead atoms. The van der Waals surface area contributed by atoms with Crippen molar-refractivity contribution >= 4 is 35.1 Å². The van der Waals surface area contributed by atoms with Gasteiger partial charge in [0.15, 0.2) is 0 Å². The summed E-state index contributed by atoms with van der Waals surface area (Å²) in [4.78, 5) is 38.7. The van der Waals surface area contributed by atoms with Gasteiger partial charge in [0.25, 0.3) is 5.91 Å². The van der Waals surface area contributed by atoms with Crippen LogP contribution in [-0.2, 0) is 22.6 Å². The van der Waals surface area contributed by atoms with Crippen molar-refractivity contribution in [3.63, 3.8) is 0 Å². The second-order valence-corrected chi connectivity index (χ2v) is 11.9. The summed E-state index contributed by atoms with van der Waals surface area (Å²) < 4.78 is 7.76. The smallest absolute Gasteiger partial charge is 0.303 e. The highest BCUT2D eigenvalue weighted by Crippen LogP contribution is 2.35. The minimum Gasteiger partial charge on any atom is -0.493 e. The van der Waals surface area contributed by atoms with Gasteiger partial charge < -0.3 is 20.1 Å². The fourth-order valence-corrected chi connectivity index (χ4v) is 5.89. The first kappa shape index (κ1) is 32.8. The molecule has 2 amide bonds. The number of carboxylic acids is 1. The Kier molecular flexibility index (Phi) is 11.1. The third-order valence-corrected chi connectivity index (χ3v) is 8.55. The molecule has 5 rings (SSSR count). The Morgan fingerprint density at radius 2 is 1.85 bits per heavy atom. The molecule has 0 saturated carbocycles. The number of aromatic nitrogens is 2. The normalized spacial score (nSPS) is 12.7. The third kappa shape index (κ3) is 8.34. The molecule has 1 aromatic heterocycles. The van der Waals surface area contributed by atoms with Crippen molar-refractivity contribution < 1.29 is 24.2 Å². The van der Waals surface area contributed by atoms with Crippen LogP contribution in [0.5, 0.6) is 5.75 Å². The maximum absolute atomic E-state index is 13.5. The van der Waals surface area contributed by atoms with E-state index in [1.807, 2.05) is 77.4 Å². The number of anilines is 1. The molecule has 4 aromatic rings. The van der Waals surface area contributed by atoms with Crippen LogP contribution >= 0.6 is 11.6 Å². The first-order valence-corrected chi connectivity index (χ1v) is 16.1. The number of halogens is 1. The number of carboxylic acid groups (broad SMARTS) is 1. The Hall–Kier alpha value is -4.63. The molecule has 0 spiro atoms. The zero-order valence-corrected chi connectivity index (χ0v) is 26.8. The monoisotopic (exact) mass is 642 g/mol. The molecule has 0 atom stereocenters. The van der Waals surface area contributed by atoms with Crippen LogP contribution in [0.4, 0.5) is 5.69 Å². The molecule has 0 radical (unpaired) electrons. The van der Waals surface area contributed by atoms with E-state index >= 15 is 0 Å². The molecule has 0 aliphatic carbocycles. The minimum atomic E-state index is -0.880. The summed E-state index contributed by atoms with van der Waals surface area (Å²) in [6, 6.07) is 19.1. The van der Waals surface area contributed by atoms with Crippen molar-refractivity contribution in [2.45, 2.75) is 58.4 Å². The number of carbonyl (C=O) groups excluding carboxylic acids is 2. The zero-order valence-electron chi connectivity index (χ0n) is 26.0. The quantitative estimate of drug-likeness (QED) is 0.157. The van der Waals surface area contributed by atoms with Crippen molar-refractivity contribution in [2.75, 3.05) is 24.6 Å². The summed E-state index contributed by atoms with van der Waals surface area (Å²) in [5, 5.41) is 16.8. The van der Waals surface area contributed by atoms with Crippen LogP contribution in [-0.4, -0.2) is 52.4 Å². The van der Waals surface area contributed by atoms with E-state index in [1.54, 1.807) is 6.07 Å². The van der Waals surface area contributed by atoms with Crippen LogP contribution in [0.15, 0.2) is 73.1 Å². The molecule has 1 aliphatic rings. The molecule has 9 nitrogen and oxygen atoms in total. The van der Waals surface area contributed by atoms with E-state index in [9.17, 15) is 14.4 Å². The highest BCUT2D eigenvalue weighted by atomic mass is 35.5. The molecule has 10 heteroatoms. The van der Waals surface area contributed by atoms with Crippen LogP contribution in [0.1, 0.15) is 65.6 Å². The average molecular weight is 643 g/mol. The highest BCUT2D eigenvalue weighted by Gasteiger charge is 2.23. The SMILES string of the molecule is Cc1c(Cl)cccc1OCCCC(=O)N1CCCCc2c(-c3cnn(Cc4cccc(C(=O)NCCCC(=O)O)c4)c3)cccc21. The number of aliphatic carboxylic acids is 1. The molecule has 0 saturated heterocycles. The third-order valence-electron chi connectivity index (χ3n) is 8.14. The number of benzene rings is 3. The van der Waals surface area contributed by atoms with Gasteiger partial charge >= 0.3 is 5.97 Å². The predicted octanol–water partition coefficient (Wildman–Crippen LogP) is 6.68. The lowest BCUT2D eigenvalue weighted by Crippen LogP contribution is -2.31. The van der Waals surface area contributed by atoms with Gasteiger partial charge in [0.1, 0.15) is 5.75 Å². The van der Waals surface area contributed by atoms with Crippen LogP contribution in [0.25, 0.3) is 11.1 Å². The number of hydrogen-bond acceptors (Lipinski definition) is 5. The topological polar surface area (TPSA) is 114 Å². The van der Waals surface area contributed by atoms with Crippen LogP contribution < -0.4 is 15.0 Å². The number of nitrogens with one attached hydrogen (secondary N) is 1. The van der Waals surface area contributed by atoms with Crippen molar-refractivity contribution in [3.05, 3.63) is 100 Å². The summed E-state index contributed by atoms with van der Waals surface area (Å²) in [6.07, 6.45) is 8.04. The van der Waals surface area contributed by atoms with E-state index in [1.165, 1.54) is 0 Å². The molecular weight excluding hydrogens is 604 g/mol. The number of rotatable bonds is 13. The summed E-state index contributed by atoms with van der Waals surface area (Å²) >= 11 is 6.21. The van der Waals surface area contributed by atoms with Gasteiger partial charge in [0.2, 0.25) is 5.91 Å². The maximum Gasteiger partial charge on any atom is 0.303 e. The highest BCUT2D eigenvalue weighted by molar-refractivity contribution is 6.31. The second kappa shape index (κ2) is 15.6. The van der Waals surface area contributed by atoms with E-state index in [0.717, 1.165) is 58.5 Å². The van der Waals surface area contributed by atoms with Crippen LogP contribution in [0, 0.1) is 6.92 Å². The molecular formula is C36H39ClN4O5. The van der Waals surface area contributed by atoms with Crippen LogP contribution in [0.3, 0.4) is 0 Å². The number of nitrogens with zero attached hydrogens (tertiary/aromatic N) is 3. The molecule has 2 N–H and O–H groups in total. The Morgan fingerprint density at radius 3 is 2.70 bits per heavy atom. The first-order chi connectivity index (χ1) is 22.3. The Bertz CT molecular complexity index is 1700. The molecule has 240 valence electrons. The Labute approximate surface area is 274 Å². The number of amides is 2. The van der Waals surface area contributed by atoms with E-state index < -0.39 is 5.97 Å². The molecule has 3 aromatic carbocycles. The molecule has 0 fully saturated rings. The van der Waals surface area contributed by atoms with Gasteiger partial charge in [-0.15, -0.1) is 0 Å². The lowest BCUT2D eigenvalue weighted by Gasteiger charge is -2.24. The van der Waals surface area contributed by atoms with E-state index in [2.05, 4.69) is 16.5 Å². The van der Waals surface area contributed by atoms with Gasteiger partial charge in [-0.05, 0) is 86.1 Å². The first-order valence-electron chi connectivity index (χ1n) is 15.7. The van der Waals surface area contributed by atoms with Gasteiger partial charge in [-0.3, -0.25) is 19.1 Å². The fourth-order valence-electron chi connectivity index (χ4n) is 5.73. The summed E-state index contributed by atoms with van der Waals surface area (Å²) in [6.45, 7) is 3.84. The van der Waals surface area contributed by atoms with Gasteiger partial charge in [0.05, 0.1) is 19.3 Å². The van der Waals surface area contributed by atoms with Gasteiger partial charge in [-0.25, -0.2) is 0 Å². The zero-order chi connectivity index (χ0) is 32.5. The van der Waals surface area contributed by atoms with Crippen molar-refractivity contribution in [3.8, 4) is 16.9 Å². The van der Waals surface area contributed by atoms with E-state index in [4.69, 9.17) is 21.4 Å². The number of hydrogen-bond donors (Lipinski definition) is 2. The largest absolute Gasteiger partial charge is 0.493 e. The van der Waals surface area contributed by atoms with Crippen molar-refractivity contribution in [2.24, 2.45) is 0 Å². The average Bonchev–Trinajstić information content (AvgIpc) is 3.39. The van der Waals surface area contributed by atoms with Gasteiger partial charge in [-0.2, -0.15) is 5.10 Å². The van der Waals surface area contributed by atoms with Crippen molar-refractivity contribution in [1.29, 1.82) is 0 Å². The number of carbonyl (C=O) groups is 3. The fraction of sp³-hybridized carbons (Fsp3) is 0.333. The lowest BCUT2D eigenvalue weighted by atomic mass is 9.97. The minimum absolute atomic E-state index is 0.0155. The van der Waals surface area contributed by atoms with Crippen molar-refractivity contribution in [1.82, 2.24) is 15.1 Å². The van der Waals surface area contributed by atoms with Crippen LogP contribution in [0.2, 0.25) is 5.02 Å². The lowest BCUT2D eigenvalue weighted by molar-refractivity contribution is -0.137. The Morgan fingerprint density at radius 1 is 1.02 bits per heavy atom. The maximum atomic E-state index is 13.5. The summed E-state index contributed by atoms with van der Waals surface area (Å²) in [5.74, 6) is -0.278. The molecule has 2 heterocycles. The molecule has 0 unspecified atom stereocenters. The second-order valence-electron chi connectivity index (χ2n) is 11.5. The summed E-state index contributed by atoms with van der Waals surface area (Å²) in [7, 11) is 0. The molecule has 1 aliphatic heterocycles. The number of fused-ring (bicyclic) bond motifs is 1. The number of ether oxygens (including phenoxy) is 1. The van der Waals surface area contributed by atoms with E-state index in [0.29, 0.717) is 56.1 Å². The summed E-state index contributed by atoms with van der Waals surface area (Å²) in [5.41, 5.74) is 6.49. The Balaban J connectivity index is 1.23. The molecule has 46 heavy (non-hydrogen) atoms. The van der Waals surface area contributed by atoms with Gasteiger partial charge in [-0.1, -0.05) is 41.9 Å². The standard InChI is InChI=1S/C36H39ClN4O5/c1-25-31(37)13-6-15-33(25)46-20-8-16-34(42)41-19-3-2-11-30-29(12-5-14-32(30)41)28-22-39-40(24-28)23-26-9-4-10-27(21-26)36(45)38-18-7-17-35(43)44/h4-6,9-10,12-15,21-22,24H,2-3,7-8,11,16-20,23H2,1H3,(H,38,45)(H,43,44). The van der Waals surface area contributed by atoms with Gasteiger partial charge in [0, 0.05) is 59.5 Å². The predicted molar refractivity (Wildman–Crippen MR) is 179 cm³/mol.